The van der Waals surface area contributed by atoms with Gasteiger partial charge in [0.25, 0.3) is 0 Å². The molecule has 0 spiro atoms. The molecule has 51 heavy (non-hydrogen) atoms. The molecule has 0 aliphatic carbocycles. The zero-order valence-corrected chi connectivity index (χ0v) is 32.2. The number of carbonyl (C=O) groups is 3. The smallest absolute Gasteiger partial charge is 0.312 e. The number of hydrogen-bond donors (Lipinski definition) is 4. The summed E-state index contributed by atoms with van der Waals surface area (Å²) in [6.07, 6.45) is -6.60. The lowest BCUT2D eigenvalue weighted by atomic mass is 9.78. The lowest BCUT2D eigenvalue weighted by Gasteiger charge is -2.48. The molecular weight excluding hydrogens is 660 g/mol. The Hall–Kier alpha value is -2.65. The minimum atomic E-state index is -2.00. The van der Waals surface area contributed by atoms with E-state index in [4.69, 9.17) is 23.7 Å². The van der Waals surface area contributed by atoms with E-state index in [1.165, 1.54) is 21.0 Å². The molecule has 290 valence electrons. The van der Waals surface area contributed by atoms with Gasteiger partial charge in [-0.15, -0.1) is 0 Å². The number of carbonyl (C=O) groups excluding carboxylic acids is 3. The van der Waals surface area contributed by atoms with E-state index in [0.717, 1.165) is 0 Å². The second-order valence-corrected chi connectivity index (χ2v) is 15.3. The van der Waals surface area contributed by atoms with Crippen molar-refractivity contribution in [2.75, 3.05) is 21.2 Å². The summed E-state index contributed by atoms with van der Waals surface area (Å²) in [5.74, 6) is -4.87. The number of likely N-dealkylation sites (N-methyl/N-ethyl adjacent to an activating group) is 1. The van der Waals surface area contributed by atoms with Crippen molar-refractivity contribution < 1.29 is 53.4 Å². The number of aliphatic hydroxyl groups is 3. The number of ether oxygens (including phenoxy) is 5. The molecule has 0 bridgehead atoms. The first kappa shape index (κ1) is 42.8. The molecule has 2 saturated heterocycles. The van der Waals surface area contributed by atoms with Crippen LogP contribution in [0.3, 0.4) is 0 Å². The molecule has 2 aliphatic heterocycles. The monoisotopic (exact) mass is 722 g/mol. The number of nitrogens with zero attached hydrogens (tertiary/aromatic N) is 1. The maximum Gasteiger partial charge on any atom is 0.312 e. The molecule has 0 unspecified atom stereocenters. The Balaban J connectivity index is 2.18. The van der Waals surface area contributed by atoms with Gasteiger partial charge in [0.1, 0.15) is 23.9 Å². The molecule has 0 saturated carbocycles. The first-order valence-electron chi connectivity index (χ1n) is 18.1. The highest BCUT2D eigenvalue weighted by atomic mass is 16.7. The van der Waals surface area contributed by atoms with Crippen LogP contribution in [0.15, 0.2) is 30.3 Å². The van der Waals surface area contributed by atoms with Crippen LogP contribution in [0.25, 0.3) is 0 Å². The lowest BCUT2D eigenvalue weighted by molar-refractivity contribution is -0.301. The summed E-state index contributed by atoms with van der Waals surface area (Å²) in [5.41, 5.74) is -2.51. The summed E-state index contributed by atoms with van der Waals surface area (Å²) < 4.78 is 31.2. The van der Waals surface area contributed by atoms with Crippen LogP contribution in [0.4, 0.5) is 0 Å². The minimum absolute atomic E-state index is 0.0647. The molecule has 3 rings (SSSR count). The van der Waals surface area contributed by atoms with Crippen LogP contribution in [0.2, 0.25) is 0 Å². The van der Waals surface area contributed by atoms with Crippen molar-refractivity contribution in [2.45, 2.75) is 147 Å². The normalized spacial score (nSPS) is 40.5. The molecule has 2 fully saturated rings. The van der Waals surface area contributed by atoms with E-state index in [-0.39, 0.29) is 31.4 Å². The van der Waals surface area contributed by atoms with Gasteiger partial charge in [0, 0.05) is 25.1 Å². The van der Waals surface area contributed by atoms with Gasteiger partial charge in [0.05, 0.1) is 42.2 Å². The van der Waals surface area contributed by atoms with Gasteiger partial charge < -0.3 is 49.2 Å². The summed E-state index contributed by atoms with van der Waals surface area (Å²) in [5, 5.41) is 37.2. The van der Waals surface area contributed by atoms with Gasteiger partial charge in [-0.25, -0.2) is 0 Å². The van der Waals surface area contributed by atoms with Gasteiger partial charge in [0.15, 0.2) is 6.29 Å². The van der Waals surface area contributed by atoms with Crippen molar-refractivity contribution in [2.24, 2.45) is 17.8 Å². The summed E-state index contributed by atoms with van der Waals surface area (Å²) in [6, 6.07) is 8.22. The Kier molecular flexibility index (Phi) is 15.0. The molecule has 13 nitrogen and oxygen atoms in total. The first-order chi connectivity index (χ1) is 23.8. The maximum atomic E-state index is 14.0. The Morgan fingerprint density at radius 1 is 1.04 bits per heavy atom. The first-order valence-corrected chi connectivity index (χ1v) is 18.1. The average Bonchev–Trinajstić information content (AvgIpc) is 3.07. The fourth-order valence-electron chi connectivity index (χ4n) is 7.60. The van der Waals surface area contributed by atoms with E-state index in [0.29, 0.717) is 12.0 Å². The van der Waals surface area contributed by atoms with Crippen molar-refractivity contribution in [3.63, 3.8) is 0 Å². The van der Waals surface area contributed by atoms with Crippen LogP contribution < -0.4 is 5.32 Å². The number of hydrogen-bond acceptors (Lipinski definition) is 12. The van der Waals surface area contributed by atoms with Gasteiger partial charge in [-0.3, -0.25) is 14.4 Å². The van der Waals surface area contributed by atoms with Gasteiger partial charge in [0.2, 0.25) is 5.91 Å². The van der Waals surface area contributed by atoms with E-state index in [1.807, 2.05) is 44.1 Å². The molecule has 13 heteroatoms. The van der Waals surface area contributed by atoms with E-state index in [9.17, 15) is 29.7 Å². The van der Waals surface area contributed by atoms with Crippen molar-refractivity contribution in [1.29, 1.82) is 0 Å². The Morgan fingerprint density at radius 2 is 1.67 bits per heavy atom. The predicted molar refractivity (Wildman–Crippen MR) is 189 cm³/mol. The van der Waals surface area contributed by atoms with Gasteiger partial charge in [-0.2, -0.15) is 0 Å². The number of cyclic esters (lactones) is 1. The van der Waals surface area contributed by atoms with Crippen LogP contribution in [-0.4, -0.2) is 125 Å². The van der Waals surface area contributed by atoms with Gasteiger partial charge in [-0.1, -0.05) is 51.1 Å². The lowest BCUT2D eigenvalue weighted by Crippen LogP contribution is -2.60. The van der Waals surface area contributed by atoms with Crippen LogP contribution >= 0.6 is 0 Å². The van der Waals surface area contributed by atoms with E-state index >= 15 is 0 Å². The third-order valence-electron chi connectivity index (χ3n) is 10.8. The highest BCUT2D eigenvalue weighted by molar-refractivity contribution is 5.79. The minimum Gasteiger partial charge on any atom is -0.461 e. The molecule has 1 aromatic carbocycles. The summed E-state index contributed by atoms with van der Waals surface area (Å²) in [6.45, 7) is 13.3. The maximum absolute atomic E-state index is 14.0. The van der Waals surface area contributed by atoms with Crippen molar-refractivity contribution in [3.8, 4) is 0 Å². The molecular formula is C38H62N2O11. The van der Waals surface area contributed by atoms with Gasteiger partial charge >= 0.3 is 11.9 Å². The summed E-state index contributed by atoms with van der Waals surface area (Å²) in [7, 11) is 5.24. The molecule has 1 aromatic rings. The molecule has 1 amide bonds. The molecule has 4 N–H and O–H groups in total. The second kappa shape index (κ2) is 17.9. The van der Waals surface area contributed by atoms with E-state index in [2.05, 4.69) is 5.32 Å². The number of rotatable bonds is 8. The zero-order chi connectivity index (χ0) is 38.4. The highest BCUT2D eigenvalue weighted by Crippen LogP contribution is 2.38. The van der Waals surface area contributed by atoms with E-state index < -0.39 is 89.7 Å². The molecule has 2 aliphatic rings. The number of amides is 1. The van der Waals surface area contributed by atoms with E-state index in [1.54, 1.807) is 46.8 Å². The van der Waals surface area contributed by atoms with Crippen LogP contribution in [0.1, 0.15) is 80.2 Å². The topological polar surface area (TPSA) is 173 Å². The number of methoxy groups -OCH3 is 1. The third-order valence-corrected chi connectivity index (χ3v) is 10.8. The Morgan fingerprint density at radius 3 is 2.24 bits per heavy atom. The largest absolute Gasteiger partial charge is 0.461 e. The second-order valence-electron chi connectivity index (χ2n) is 15.3. The van der Waals surface area contributed by atoms with Crippen LogP contribution in [0.5, 0.6) is 0 Å². The quantitative estimate of drug-likeness (QED) is 0.290. The Labute approximate surface area is 303 Å². The van der Waals surface area contributed by atoms with Crippen molar-refractivity contribution >= 4 is 17.8 Å². The van der Waals surface area contributed by atoms with Crippen LogP contribution in [0, 0.1) is 17.8 Å². The predicted octanol–water partition coefficient (Wildman–Crippen LogP) is 2.61. The molecule has 0 aromatic heterocycles. The zero-order valence-electron chi connectivity index (χ0n) is 32.2. The van der Waals surface area contributed by atoms with Gasteiger partial charge in [-0.05, 0) is 73.5 Å². The average molecular weight is 723 g/mol. The van der Waals surface area contributed by atoms with Crippen LogP contribution in [-0.2, 0) is 44.5 Å². The molecule has 0 radical (unpaired) electrons. The molecule has 2 heterocycles. The molecule has 14 atom stereocenters. The summed E-state index contributed by atoms with van der Waals surface area (Å²) in [4.78, 5) is 43.0. The Bertz CT molecular complexity index is 1300. The fraction of sp³-hybridized carbons (Fsp3) is 0.763. The van der Waals surface area contributed by atoms with Crippen molar-refractivity contribution in [3.05, 3.63) is 35.9 Å². The number of aliphatic hydroxyl groups excluding tert-OH is 2. The number of benzene rings is 1. The summed E-state index contributed by atoms with van der Waals surface area (Å²) >= 11 is 0. The fourth-order valence-corrected chi connectivity index (χ4v) is 7.60. The highest BCUT2D eigenvalue weighted by Gasteiger charge is 2.52. The number of nitrogens with one attached hydrogen (secondary N) is 1. The van der Waals surface area contributed by atoms with Crippen molar-refractivity contribution in [1.82, 2.24) is 10.2 Å². The standard InChI is InChI=1S/C38H62N2O11/c1-12-28-38(8,46)32(43)25(6)34(44)39-21(2)20-37(7,47-11)33(51-36-30(42)27(40(9)10)18-22(3)48-36)23(4)31(24(5)35(45)49-28)50-29(41)19-26-16-14-13-15-17-26/h13-17,21-25,27-28,30-33,36,42-43,46H,12,18-20H2,1-11H3,(H,39,44)/t21-,22-,23+,24-,25-,27+,28-,30-,31+,32-,33-,36+,37-,38-/m1/s1. The number of esters is 2. The third kappa shape index (κ3) is 10.3. The SMILES string of the molecule is CC[C@H]1OC(=O)[C@H](C)[C@@H](OC(=O)Cc2ccccc2)[C@H](C)[C@@H](O[C@@H]2O[C@H](C)C[C@H](N(C)C)[C@H]2O)[C@](C)(OC)C[C@@H](C)NC(=O)[C@H](C)[C@@H](O)[C@]1(C)O.